The Kier molecular flexibility index (Phi) is 6.12. The average Bonchev–Trinajstić information content (AvgIpc) is 3.09. The number of nitrogens with zero attached hydrogens (tertiary/aromatic N) is 3. The third-order valence-electron chi connectivity index (χ3n) is 8.14. The lowest BCUT2D eigenvalue weighted by molar-refractivity contribution is 1.13. The normalized spacial score (nSPS) is 11.3. The van der Waals surface area contributed by atoms with Gasteiger partial charge in [0.05, 0.1) is 0 Å². The Hall–Kier alpha value is -5.80. The van der Waals surface area contributed by atoms with Gasteiger partial charge in [-0.25, -0.2) is 9.97 Å². The number of anilines is 3. The van der Waals surface area contributed by atoms with Gasteiger partial charge in [0.2, 0.25) is 0 Å². The van der Waals surface area contributed by atoms with E-state index in [4.69, 9.17) is 0 Å². The van der Waals surface area contributed by atoms with Crippen molar-refractivity contribution in [2.75, 3.05) is 4.90 Å². The van der Waals surface area contributed by atoms with Crippen molar-refractivity contribution in [3.63, 3.8) is 0 Å². The molecular weight excluding hydrogens is 522 g/mol. The molecule has 6 aromatic carbocycles. The van der Waals surface area contributed by atoms with Crippen molar-refractivity contribution in [3.05, 3.63) is 164 Å². The van der Waals surface area contributed by atoms with Gasteiger partial charge in [-0.05, 0) is 103 Å². The van der Waals surface area contributed by atoms with E-state index in [1.807, 2.05) is 48.8 Å². The van der Waals surface area contributed by atoms with Crippen LogP contribution in [0.4, 0.5) is 17.3 Å². The van der Waals surface area contributed by atoms with E-state index in [1.165, 1.54) is 54.6 Å². The van der Waals surface area contributed by atoms with Gasteiger partial charge in [-0.15, -0.1) is 0 Å². The van der Waals surface area contributed by atoms with Crippen molar-refractivity contribution in [2.45, 2.75) is 0 Å². The number of aromatic nitrogens is 2. The molecule has 0 aliphatic rings. The van der Waals surface area contributed by atoms with Crippen LogP contribution in [0.15, 0.2) is 164 Å². The molecule has 0 saturated heterocycles. The maximum Gasteiger partial charge on any atom is 0.138 e. The fraction of sp³-hybridized carbons (Fsp3) is 0. The summed E-state index contributed by atoms with van der Waals surface area (Å²) in [5.41, 5.74) is 5.86. The van der Waals surface area contributed by atoms with Crippen molar-refractivity contribution in [1.82, 2.24) is 9.97 Å². The molecule has 8 rings (SSSR count). The van der Waals surface area contributed by atoms with Gasteiger partial charge in [0.15, 0.2) is 0 Å². The zero-order valence-corrected chi connectivity index (χ0v) is 23.4. The second-order valence-electron chi connectivity index (χ2n) is 10.7. The minimum atomic E-state index is 0.824. The molecule has 0 bridgehead atoms. The molecular formula is C40H27N3. The first kappa shape index (κ1) is 25.0. The molecule has 0 saturated carbocycles. The number of rotatable bonds is 5. The van der Waals surface area contributed by atoms with Gasteiger partial charge in [0, 0.05) is 18.1 Å². The quantitative estimate of drug-likeness (QED) is 0.200. The lowest BCUT2D eigenvalue weighted by atomic mass is 9.87. The summed E-state index contributed by atoms with van der Waals surface area (Å²) in [7, 11) is 0. The number of benzene rings is 6. The van der Waals surface area contributed by atoms with E-state index >= 15 is 0 Å². The summed E-state index contributed by atoms with van der Waals surface area (Å²) in [4.78, 5) is 11.3. The minimum absolute atomic E-state index is 0.824. The number of pyridine rings is 2. The maximum absolute atomic E-state index is 4.63. The van der Waals surface area contributed by atoms with Crippen LogP contribution >= 0.6 is 0 Å². The SMILES string of the molecule is c1ccc(-c2cc3cc(-c4ccc(N(c5ccccn5)c5ccccn5)cc4)c4ccccc4c3c3ccccc23)cc1. The second-order valence-corrected chi connectivity index (χ2v) is 10.7. The van der Waals surface area contributed by atoms with E-state index < -0.39 is 0 Å². The molecule has 0 aliphatic heterocycles. The van der Waals surface area contributed by atoms with Crippen molar-refractivity contribution >= 4 is 49.6 Å². The first-order chi connectivity index (χ1) is 21.3. The standard InChI is InChI=1S/C40H27N3/c1-2-12-28(13-3-1)36-26-30-27-37(33-15-5-7-17-35(33)40(30)34-16-6-4-14-32(34)36)29-20-22-31(23-21-29)43(38-18-8-10-24-41-38)39-19-9-11-25-42-39/h1-27H. The van der Waals surface area contributed by atoms with Crippen LogP contribution in [0.2, 0.25) is 0 Å². The Morgan fingerprint density at radius 3 is 1.37 bits per heavy atom. The van der Waals surface area contributed by atoms with Crippen LogP contribution in [0.3, 0.4) is 0 Å². The van der Waals surface area contributed by atoms with Gasteiger partial charge >= 0.3 is 0 Å². The fourth-order valence-electron chi connectivity index (χ4n) is 6.22. The van der Waals surface area contributed by atoms with Gasteiger partial charge in [-0.1, -0.05) is 103 Å². The molecule has 0 unspecified atom stereocenters. The number of hydrogen-bond acceptors (Lipinski definition) is 3. The van der Waals surface area contributed by atoms with E-state index in [1.54, 1.807) is 0 Å². The second kappa shape index (κ2) is 10.6. The first-order valence-electron chi connectivity index (χ1n) is 14.5. The van der Waals surface area contributed by atoms with Crippen LogP contribution in [-0.2, 0) is 0 Å². The highest BCUT2D eigenvalue weighted by Crippen LogP contribution is 2.42. The molecule has 3 heteroatoms. The fourth-order valence-corrected chi connectivity index (χ4v) is 6.22. The van der Waals surface area contributed by atoms with Crippen LogP contribution in [-0.4, -0.2) is 9.97 Å². The average molecular weight is 550 g/mol. The van der Waals surface area contributed by atoms with Crippen LogP contribution in [0.1, 0.15) is 0 Å². The monoisotopic (exact) mass is 549 g/mol. The predicted molar refractivity (Wildman–Crippen MR) is 180 cm³/mol. The molecule has 43 heavy (non-hydrogen) atoms. The molecule has 0 amide bonds. The lowest BCUT2D eigenvalue weighted by Crippen LogP contribution is -2.12. The van der Waals surface area contributed by atoms with Gasteiger partial charge in [0.1, 0.15) is 11.6 Å². The molecule has 2 heterocycles. The smallest absolute Gasteiger partial charge is 0.138 e. The highest BCUT2D eigenvalue weighted by Gasteiger charge is 2.17. The van der Waals surface area contributed by atoms with Crippen LogP contribution in [0, 0.1) is 0 Å². The topological polar surface area (TPSA) is 29.0 Å². The molecule has 0 radical (unpaired) electrons. The number of fused-ring (bicyclic) bond motifs is 5. The van der Waals surface area contributed by atoms with Crippen LogP contribution in [0.5, 0.6) is 0 Å². The van der Waals surface area contributed by atoms with Gasteiger partial charge in [-0.3, -0.25) is 4.90 Å². The van der Waals surface area contributed by atoms with E-state index in [2.05, 4.69) is 130 Å². The number of hydrogen-bond donors (Lipinski definition) is 0. The Balaban J connectivity index is 1.33. The van der Waals surface area contributed by atoms with Crippen molar-refractivity contribution < 1.29 is 0 Å². The summed E-state index contributed by atoms with van der Waals surface area (Å²) in [6.45, 7) is 0. The van der Waals surface area contributed by atoms with Gasteiger partial charge in [0.25, 0.3) is 0 Å². The maximum atomic E-state index is 4.63. The molecule has 8 aromatic rings. The highest BCUT2D eigenvalue weighted by atomic mass is 15.2. The molecule has 0 atom stereocenters. The lowest BCUT2D eigenvalue weighted by Gasteiger charge is -2.23. The van der Waals surface area contributed by atoms with Crippen molar-refractivity contribution in [2.24, 2.45) is 0 Å². The molecule has 0 aliphatic carbocycles. The highest BCUT2D eigenvalue weighted by molar-refractivity contribution is 6.25. The van der Waals surface area contributed by atoms with E-state index in [0.717, 1.165) is 17.3 Å². The van der Waals surface area contributed by atoms with Crippen LogP contribution < -0.4 is 4.90 Å². The third kappa shape index (κ3) is 4.39. The van der Waals surface area contributed by atoms with Crippen molar-refractivity contribution in [1.29, 1.82) is 0 Å². The van der Waals surface area contributed by atoms with Gasteiger partial charge < -0.3 is 0 Å². The van der Waals surface area contributed by atoms with Gasteiger partial charge in [-0.2, -0.15) is 0 Å². The summed E-state index contributed by atoms with van der Waals surface area (Å²) < 4.78 is 0. The summed E-state index contributed by atoms with van der Waals surface area (Å²) in [5.74, 6) is 1.65. The molecule has 202 valence electrons. The van der Waals surface area contributed by atoms with Crippen LogP contribution in [0.25, 0.3) is 54.6 Å². The van der Waals surface area contributed by atoms with E-state index in [0.29, 0.717) is 0 Å². The molecule has 3 nitrogen and oxygen atoms in total. The first-order valence-corrected chi connectivity index (χ1v) is 14.5. The van der Waals surface area contributed by atoms with Crippen molar-refractivity contribution in [3.8, 4) is 22.3 Å². The zero-order chi connectivity index (χ0) is 28.6. The Morgan fingerprint density at radius 1 is 0.395 bits per heavy atom. The summed E-state index contributed by atoms with van der Waals surface area (Å²) in [5, 5.41) is 7.58. The Morgan fingerprint density at radius 2 is 0.860 bits per heavy atom. The molecule has 0 spiro atoms. The largest absolute Gasteiger partial charge is 0.279 e. The Labute approximate surface area is 250 Å². The Bertz CT molecular complexity index is 2170. The zero-order valence-electron chi connectivity index (χ0n) is 23.4. The summed E-state index contributed by atoms with van der Waals surface area (Å²) in [6, 6.07) is 53.6. The summed E-state index contributed by atoms with van der Waals surface area (Å²) >= 11 is 0. The summed E-state index contributed by atoms with van der Waals surface area (Å²) in [6.07, 6.45) is 3.63. The molecule has 2 aromatic heterocycles. The predicted octanol–water partition coefficient (Wildman–Crippen LogP) is 10.7. The molecule has 0 N–H and O–H groups in total. The third-order valence-corrected chi connectivity index (χ3v) is 8.14. The van der Waals surface area contributed by atoms with E-state index in [9.17, 15) is 0 Å². The van der Waals surface area contributed by atoms with E-state index in [-0.39, 0.29) is 0 Å². The minimum Gasteiger partial charge on any atom is -0.279 e. The molecule has 0 fully saturated rings.